The van der Waals surface area contributed by atoms with Crippen molar-refractivity contribution in [3.05, 3.63) is 95.2 Å². The third-order valence-corrected chi connectivity index (χ3v) is 2.86. The van der Waals surface area contributed by atoms with E-state index in [9.17, 15) is 0 Å². The fourth-order valence-corrected chi connectivity index (χ4v) is 2.01. The first-order chi connectivity index (χ1) is 9.31. The summed E-state index contributed by atoms with van der Waals surface area (Å²) >= 11 is 0. The predicted octanol–water partition coefficient (Wildman–Crippen LogP) is 5.24. The second-order valence-electron chi connectivity index (χ2n) is 4.42. The molecule has 2 aromatic carbocycles. The Morgan fingerprint density at radius 1 is 0.842 bits per heavy atom. The molecule has 0 aromatic heterocycles. The zero-order valence-corrected chi connectivity index (χ0v) is 11.4. The van der Waals surface area contributed by atoms with Crippen LogP contribution >= 0.6 is 0 Å². The number of hydrogen-bond acceptors (Lipinski definition) is 0. The summed E-state index contributed by atoms with van der Waals surface area (Å²) in [4.78, 5) is 0. The van der Waals surface area contributed by atoms with Crippen LogP contribution in [0, 0.1) is 0 Å². The molecule has 19 heavy (non-hydrogen) atoms. The van der Waals surface area contributed by atoms with Crippen LogP contribution in [0.25, 0.3) is 5.57 Å². The summed E-state index contributed by atoms with van der Waals surface area (Å²) in [5.41, 5.74) is 8.15. The highest BCUT2D eigenvalue weighted by Gasteiger charge is 2.03. The molecule has 0 aliphatic carbocycles. The van der Waals surface area contributed by atoms with E-state index in [1.165, 1.54) is 11.1 Å². The van der Waals surface area contributed by atoms with Gasteiger partial charge in [-0.05, 0) is 30.5 Å². The fraction of sp³-hybridized carbons (Fsp3) is 0.105. The molecule has 0 bridgehead atoms. The average molecular weight is 246 g/mol. The largest absolute Gasteiger partial charge is 0.108 e. The molecule has 0 fully saturated rings. The van der Waals surface area contributed by atoms with Gasteiger partial charge in [-0.1, -0.05) is 72.8 Å². The van der Waals surface area contributed by atoms with Crippen LogP contribution in [0.1, 0.15) is 25.0 Å². The fourth-order valence-electron chi connectivity index (χ4n) is 2.01. The lowest BCUT2D eigenvalue weighted by molar-refractivity contribution is 1.50. The Hall–Kier alpha value is -2.30. The van der Waals surface area contributed by atoms with Crippen LogP contribution in [-0.4, -0.2) is 0 Å². The minimum Gasteiger partial charge on any atom is -0.108 e. The van der Waals surface area contributed by atoms with Crippen molar-refractivity contribution in [3.63, 3.8) is 0 Å². The topological polar surface area (TPSA) is 0 Å². The van der Waals surface area contributed by atoms with Gasteiger partial charge < -0.3 is 0 Å². The molecule has 0 heterocycles. The van der Waals surface area contributed by atoms with E-state index in [2.05, 4.69) is 67.3 Å². The van der Waals surface area contributed by atoms with E-state index in [1.807, 2.05) is 25.1 Å². The summed E-state index contributed by atoms with van der Waals surface area (Å²) < 4.78 is 0. The standard InChI is InChI=1S/C19H18/c1-3-10-16(2)15-19(17-11-6-4-7-12-17)18-13-8-5-9-14-18/h3-14H,1-2H3/b10-3+. The van der Waals surface area contributed by atoms with Crippen molar-refractivity contribution in [2.75, 3.05) is 0 Å². The van der Waals surface area contributed by atoms with Gasteiger partial charge in [0.05, 0.1) is 0 Å². The van der Waals surface area contributed by atoms with Gasteiger partial charge in [0.2, 0.25) is 0 Å². The van der Waals surface area contributed by atoms with Crippen LogP contribution in [-0.2, 0) is 0 Å². The van der Waals surface area contributed by atoms with Gasteiger partial charge in [-0.2, -0.15) is 0 Å². The SMILES string of the molecule is C/C=C/C(C)=C=C(c1ccccc1)c1ccccc1. The monoisotopic (exact) mass is 246 g/mol. The summed E-state index contributed by atoms with van der Waals surface area (Å²) in [7, 11) is 0. The lowest BCUT2D eigenvalue weighted by Gasteiger charge is -2.05. The highest BCUT2D eigenvalue weighted by atomic mass is 14.1. The maximum Gasteiger partial charge on any atom is 0.0312 e. The van der Waals surface area contributed by atoms with Crippen LogP contribution in [0.4, 0.5) is 0 Å². The highest BCUT2D eigenvalue weighted by Crippen LogP contribution is 2.22. The van der Waals surface area contributed by atoms with Gasteiger partial charge in [0.25, 0.3) is 0 Å². The first kappa shape index (κ1) is 13.1. The van der Waals surface area contributed by atoms with Gasteiger partial charge in [-0.15, -0.1) is 5.73 Å². The van der Waals surface area contributed by atoms with Gasteiger partial charge in [-0.3, -0.25) is 0 Å². The molecule has 0 unspecified atom stereocenters. The second-order valence-corrected chi connectivity index (χ2v) is 4.42. The Balaban J connectivity index is 2.62. The van der Waals surface area contributed by atoms with E-state index < -0.39 is 0 Å². The van der Waals surface area contributed by atoms with Gasteiger partial charge >= 0.3 is 0 Å². The average Bonchev–Trinajstić information content (AvgIpc) is 2.47. The molecule has 0 N–H and O–H groups in total. The lowest BCUT2D eigenvalue weighted by atomic mass is 9.98. The summed E-state index contributed by atoms with van der Waals surface area (Å²) in [6.07, 6.45) is 4.11. The molecule has 0 aliphatic heterocycles. The van der Waals surface area contributed by atoms with Gasteiger partial charge in [0.15, 0.2) is 0 Å². The molecule has 0 atom stereocenters. The minimum atomic E-state index is 1.13. The van der Waals surface area contributed by atoms with Crippen LogP contribution < -0.4 is 0 Å². The molecule has 2 rings (SSSR count). The molecule has 2 aromatic rings. The van der Waals surface area contributed by atoms with Crippen molar-refractivity contribution in [3.8, 4) is 0 Å². The van der Waals surface area contributed by atoms with Crippen molar-refractivity contribution < 1.29 is 0 Å². The van der Waals surface area contributed by atoms with Crippen LogP contribution in [0.5, 0.6) is 0 Å². The van der Waals surface area contributed by atoms with Gasteiger partial charge in [0, 0.05) is 5.57 Å². The van der Waals surface area contributed by atoms with E-state index in [0.29, 0.717) is 0 Å². The Bertz CT molecular complexity index is 568. The first-order valence-electron chi connectivity index (χ1n) is 6.52. The zero-order chi connectivity index (χ0) is 13.5. The minimum absolute atomic E-state index is 1.13. The molecule has 0 saturated carbocycles. The number of benzene rings is 2. The lowest BCUT2D eigenvalue weighted by Crippen LogP contribution is -1.86. The molecular formula is C19H18. The molecule has 94 valence electrons. The molecule has 0 nitrogen and oxygen atoms in total. The van der Waals surface area contributed by atoms with E-state index in [0.717, 1.165) is 11.1 Å². The van der Waals surface area contributed by atoms with E-state index in [1.54, 1.807) is 0 Å². The molecule has 0 amide bonds. The van der Waals surface area contributed by atoms with Gasteiger partial charge in [-0.25, -0.2) is 0 Å². The summed E-state index contributed by atoms with van der Waals surface area (Å²) in [6.45, 7) is 4.10. The summed E-state index contributed by atoms with van der Waals surface area (Å²) in [6, 6.07) is 20.8. The van der Waals surface area contributed by atoms with Crippen molar-refractivity contribution in [2.24, 2.45) is 0 Å². The van der Waals surface area contributed by atoms with E-state index >= 15 is 0 Å². The molecule has 0 saturated heterocycles. The van der Waals surface area contributed by atoms with Crippen LogP contribution in [0.15, 0.2) is 84.1 Å². The molecule has 0 aliphatic rings. The number of hydrogen-bond donors (Lipinski definition) is 0. The zero-order valence-electron chi connectivity index (χ0n) is 11.4. The number of allylic oxidation sites excluding steroid dienone is 3. The predicted molar refractivity (Wildman–Crippen MR) is 82.9 cm³/mol. The molecular weight excluding hydrogens is 228 g/mol. The Morgan fingerprint density at radius 3 is 1.74 bits per heavy atom. The normalized spacial score (nSPS) is 10.2. The smallest absolute Gasteiger partial charge is 0.0312 e. The third-order valence-electron chi connectivity index (χ3n) is 2.86. The van der Waals surface area contributed by atoms with E-state index in [-0.39, 0.29) is 0 Å². The molecule has 0 spiro atoms. The Labute approximate surface area is 115 Å². The summed E-state index contributed by atoms with van der Waals surface area (Å²) in [5.74, 6) is 0. The maximum atomic E-state index is 3.50. The van der Waals surface area contributed by atoms with Crippen LogP contribution in [0.3, 0.4) is 0 Å². The molecule has 0 heteroatoms. The van der Waals surface area contributed by atoms with Gasteiger partial charge in [0.1, 0.15) is 0 Å². The van der Waals surface area contributed by atoms with Crippen molar-refractivity contribution in [1.82, 2.24) is 0 Å². The Kier molecular flexibility index (Phi) is 4.55. The quantitative estimate of drug-likeness (QED) is 0.513. The second kappa shape index (κ2) is 6.58. The van der Waals surface area contributed by atoms with Crippen molar-refractivity contribution >= 4 is 5.57 Å². The Morgan fingerprint density at radius 2 is 1.32 bits per heavy atom. The highest BCUT2D eigenvalue weighted by molar-refractivity contribution is 5.79. The third kappa shape index (κ3) is 3.58. The van der Waals surface area contributed by atoms with E-state index in [4.69, 9.17) is 0 Å². The first-order valence-corrected chi connectivity index (χ1v) is 6.52. The maximum absolute atomic E-state index is 3.50. The summed E-state index contributed by atoms with van der Waals surface area (Å²) in [5, 5.41) is 0. The van der Waals surface area contributed by atoms with Crippen LogP contribution in [0.2, 0.25) is 0 Å². The van der Waals surface area contributed by atoms with Crippen molar-refractivity contribution in [2.45, 2.75) is 13.8 Å². The molecule has 0 radical (unpaired) electrons. The van der Waals surface area contributed by atoms with Crippen molar-refractivity contribution in [1.29, 1.82) is 0 Å². The number of rotatable bonds is 3.